The van der Waals surface area contributed by atoms with Crippen molar-refractivity contribution < 1.29 is 9.53 Å². The third kappa shape index (κ3) is 3.39. The summed E-state index contributed by atoms with van der Waals surface area (Å²) >= 11 is 3.43. The van der Waals surface area contributed by atoms with E-state index in [0.717, 1.165) is 41.5 Å². The van der Waals surface area contributed by atoms with Gasteiger partial charge in [0.05, 0.1) is 6.10 Å². The minimum absolute atomic E-state index is 0.205. The van der Waals surface area contributed by atoms with Gasteiger partial charge in [0.15, 0.2) is 5.78 Å². The van der Waals surface area contributed by atoms with Crippen LogP contribution in [0.1, 0.15) is 41.6 Å². The molecule has 0 aromatic heterocycles. The van der Waals surface area contributed by atoms with Gasteiger partial charge in [0, 0.05) is 23.1 Å². The molecule has 3 heteroatoms. The standard InChI is InChI=1S/C14H17BrO2/c1-10-4-6-13(15)12(9-10)14(16)7-5-11-3-2-8-17-11/h4,6,9,11H,2-3,5,7-8H2,1H3. The first-order valence-electron chi connectivity index (χ1n) is 6.08. The molecule has 1 aliphatic rings. The Hall–Kier alpha value is -0.670. The molecule has 0 aliphatic carbocycles. The Morgan fingerprint density at radius 2 is 2.35 bits per heavy atom. The van der Waals surface area contributed by atoms with E-state index in [4.69, 9.17) is 4.74 Å². The van der Waals surface area contributed by atoms with E-state index in [1.165, 1.54) is 0 Å². The van der Waals surface area contributed by atoms with E-state index in [0.29, 0.717) is 12.5 Å². The van der Waals surface area contributed by atoms with Gasteiger partial charge in [0.2, 0.25) is 0 Å². The smallest absolute Gasteiger partial charge is 0.164 e. The molecule has 1 aliphatic heterocycles. The monoisotopic (exact) mass is 296 g/mol. The second-order valence-corrected chi connectivity index (χ2v) is 5.43. The Kier molecular flexibility index (Phi) is 4.35. The molecule has 1 fully saturated rings. The molecule has 1 unspecified atom stereocenters. The van der Waals surface area contributed by atoms with Gasteiger partial charge in [-0.2, -0.15) is 0 Å². The number of hydrogen-bond acceptors (Lipinski definition) is 2. The van der Waals surface area contributed by atoms with Crippen LogP contribution in [0.25, 0.3) is 0 Å². The molecule has 1 atom stereocenters. The molecule has 2 nitrogen and oxygen atoms in total. The highest BCUT2D eigenvalue weighted by atomic mass is 79.9. The van der Waals surface area contributed by atoms with E-state index in [2.05, 4.69) is 15.9 Å². The zero-order valence-electron chi connectivity index (χ0n) is 10.0. The first-order chi connectivity index (χ1) is 8.16. The number of ether oxygens (including phenoxy) is 1. The number of carbonyl (C=O) groups excluding carboxylic acids is 1. The molecule has 92 valence electrons. The fourth-order valence-electron chi connectivity index (χ4n) is 2.15. The second kappa shape index (κ2) is 5.78. The van der Waals surface area contributed by atoms with Gasteiger partial charge < -0.3 is 4.74 Å². The van der Waals surface area contributed by atoms with Crippen molar-refractivity contribution in [3.8, 4) is 0 Å². The first kappa shape index (κ1) is 12.8. The Labute approximate surface area is 110 Å². The molecule has 1 aromatic carbocycles. The average molecular weight is 297 g/mol. The molecule has 0 N–H and O–H groups in total. The summed E-state index contributed by atoms with van der Waals surface area (Å²) < 4.78 is 6.42. The topological polar surface area (TPSA) is 26.3 Å². The summed E-state index contributed by atoms with van der Waals surface area (Å²) in [6.45, 7) is 2.86. The molecule has 1 heterocycles. The summed E-state index contributed by atoms with van der Waals surface area (Å²) in [6, 6.07) is 5.89. The summed E-state index contributed by atoms with van der Waals surface area (Å²) in [5.74, 6) is 0.205. The normalized spacial score (nSPS) is 19.5. The van der Waals surface area contributed by atoms with Crippen molar-refractivity contribution >= 4 is 21.7 Å². The average Bonchev–Trinajstić information content (AvgIpc) is 2.82. The van der Waals surface area contributed by atoms with E-state index in [-0.39, 0.29) is 5.78 Å². The second-order valence-electron chi connectivity index (χ2n) is 4.58. The van der Waals surface area contributed by atoms with Crippen LogP contribution in [-0.2, 0) is 4.74 Å². The quantitative estimate of drug-likeness (QED) is 0.788. The Morgan fingerprint density at radius 3 is 3.06 bits per heavy atom. The van der Waals surface area contributed by atoms with Gasteiger partial charge in [-0.15, -0.1) is 0 Å². The Balaban J connectivity index is 1.96. The van der Waals surface area contributed by atoms with E-state index >= 15 is 0 Å². The Morgan fingerprint density at radius 1 is 1.53 bits per heavy atom. The lowest BCUT2D eigenvalue weighted by molar-refractivity contribution is 0.0859. The summed E-state index contributed by atoms with van der Waals surface area (Å²) in [5.41, 5.74) is 1.91. The summed E-state index contributed by atoms with van der Waals surface area (Å²) in [6.07, 6.45) is 3.95. The van der Waals surface area contributed by atoms with Crippen molar-refractivity contribution in [2.75, 3.05) is 6.61 Å². The lowest BCUT2D eigenvalue weighted by atomic mass is 10.0. The van der Waals surface area contributed by atoms with Crippen molar-refractivity contribution in [3.63, 3.8) is 0 Å². The molecule has 0 radical (unpaired) electrons. The van der Waals surface area contributed by atoms with Gasteiger partial charge in [-0.3, -0.25) is 4.79 Å². The number of ketones is 1. The van der Waals surface area contributed by atoms with Crippen molar-refractivity contribution in [2.24, 2.45) is 0 Å². The van der Waals surface area contributed by atoms with Crippen LogP contribution in [0.2, 0.25) is 0 Å². The van der Waals surface area contributed by atoms with Crippen LogP contribution in [0.3, 0.4) is 0 Å². The number of rotatable bonds is 4. The van der Waals surface area contributed by atoms with Gasteiger partial charge >= 0.3 is 0 Å². The lowest BCUT2D eigenvalue weighted by Crippen LogP contribution is -2.09. The van der Waals surface area contributed by atoms with Gasteiger partial charge in [-0.1, -0.05) is 27.6 Å². The Bertz CT molecular complexity index is 409. The van der Waals surface area contributed by atoms with Crippen LogP contribution in [0, 0.1) is 6.92 Å². The SMILES string of the molecule is Cc1ccc(Br)c(C(=O)CCC2CCCO2)c1. The van der Waals surface area contributed by atoms with Crippen molar-refractivity contribution in [1.82, 2.24) is 0 Å². The lowest BCUT2D eigenvalue weighted by Gasteiger charge is -2.09. The number of benzene rings is 1. The predicted molar refractivity (Wildman–Crippen MR) is 71.4 cm³/mol. The molecule has 0 spiro atoms. The van der Waals surface area contributed by atoms with Crippen molar-refractivity contribution in [3.05, 3.63) is 33.8 Å². The van der Waals surface area contributed by atoms with Gasteiger partial charge in [-0.05, 0) is 38.3 Å². The molecule has 0 amide bonds. The van der Waals surface area contributed by atoms with E-state index in [1.807, 2.05) is 25.1 Å². The third-order valence-corrected chi connectivity index (χ3v) is 3.83. The van der Waals surface area contributed by atoms with Crippen LogP contribution in [0.4, 0.5) is 0 Å². The zero-order chi connectivity index (χ0) is 12.3. The maximum Gasteiger partial charge on any atom is 0.164 e. The van der Waals surface area contributed by atoms with Crippen LogP contribution in [0.15, 0.2) is 22.7 Å². The van der Waals surface area contributed by atoms with Gasteiger partial charge in [0.25, 0.3) is 0 Å². The predicted octanol–water partition coefficient (Wildman–Crippen LogP) is 3.90. The minimum atomic E-state index is 0.205. The van der Waals surface area contributed by atoms with E-state index in [9.17, 15) is 4.79 Å². The molecule has 1 saturated heterocycles. The number of Topliss-reactive ketones (excluding diaryl/α,β-unsaturated/α-hetero) is 1. The number of halogens is 1. The highest BCUT2D eigenvalue weighted by Gasteiger charge is 2.18. The van der Waals surface area contributed by atoms with Crippen LogP contribution in [0.5, 0.6) is 0 Å². The summed E-state index contributed by atoms with van der Waals surface area (Å²) in [7, 11) is 0. The maximum atomic E-state index is 12.1. The number of hydrogen-bond donors (Lipinski definition) is 0. The molecule has 0 bridgehead atoms. The van der Waals surface area contributed by atoms with Crippen LogP contribution >= 0.6 is 15.9 Å². The molecule has 2 rings (SSSR count). The highest BCUT2D eigenvalue weighted by Crippen LogP contribution is 2.22. The fraction of sp³-hybridized carbons (Fsp3) is 0.500. The molecule has 1 aromatic rings. The van der Waals surface area contributed by atoms with E-state index < -0.39 is 0 Å². The van der Waals surface area contributed by atoms with Crippen LogP contribution in [-0.4, -0.2) is 18.5 Å². The largest absolute Gasteiger partial charge is 0.378 e. The molecule has 0 saturated carbocycles. The minimum Gasteiger partial charge on any atom is -0.378 e. The third-order valence-electron chi connectivity index (χ3n) is 3.14. The van der Waals surface area contributed by atoms with Crippen molar-refractivity contribution in [1.29, 1.82) is 0 Å². The van der Waals surface area contributed by atoms with E-state index in [1.54, 1.807) is 0 Å². The summed E-state index contributed by atoms with van der Waals surface area (Å²) in [4.78, 5) is 12.1. The highest BCUT2D eigenvalue weighted by molar-refractivity contribution is 9.10. The van der Waals surface area contributed by atoms with Crippen LogP contribution < -0.4 is 0 Å². The first-order valence-corrected chi connectivity index (χ1v) is 6.87. The molecular formula is C14H17BrO2. The zero-order valence-corrected chi connectivity index (χ0v) is 11.6. The van der Waals surface area contributed by atoms with Gasteiger partial charge in [0.1, 0.15) is 0 Å². The van der Waals surface area contributed by atoms with Gasteiger partial charge in [-0.25, -0.2) is 0 Å². The van der Waals surface area contributed by atoms with Crippen molar-refractivity contribution in [2.45, 2.75) is 38.7 Å². The summed E-state index contributed by atoms with van der Waals surface area (Å²) in [5, 5.41) is 0. The fourth-order valence-corrected chi connectivity index (χ4v) is 2.62. The number of carbonyl (C=O) groups is 1. The molecule has 17 heavy (non-hydrogen) atoms. The number of aryl methyl sites for hydroxylation is 1. The molecular weight excluding hydrogens is 280 g/mol. The maximum absolute atomic E-state index is 12.1.